The standard InChI is InChI=1S/C25H28N4O2/c1-17-7-10-21(11-8-17)31-25-23(26-12-13-27-25)29-14-4-5-20(16-29)24(30)28-22-15-18(2)6-9-19(22)3/h6-13,15,20H,4-5,14,16H2,1-3H3,(H,28,30)/t20-/m1/s1. The van der Waals surface area contributed by atoms with E-state index < -0.39 is 0 Å². The van der Waals surface area contributed by atoms with Gasteiger partial charge in [-0.3, -0.25) is 4.79 Å². The van der Waals surface area contributed by atoms with E-state index in [1.807, 2.05) is 57.2 Å². The van der Waals surface area contributed by atoms with Crippen LogP contribution in [-0.2, 0) is 4.79 Å². The predicted molar refractivity (Wildman–Crippen MR) is 123 cm³/mol. The van der Waals surface area contributed by atoms with Crippen LogP contribution >= 0.6 is 0 Å². The van der Waals surface area contributed by atoms with Gasteiger partial charge in [0.25, 0.3) is 5.88 Å². The highest BCUT2D eigenvalue weighted by molar-refractivity contribution is 5.93. The number of benzene rings is 2. The molecule has 160 valence electrons. The number of carbonyl (C=O) groups excluding carboxylic acids is 1. The Hall–Kier alpha value is -3.41. The van der Waals surface area contributed by atoms with Gasteiger partial charge < -0.3 is 15.0 Å². The smallest absolute Gasteiger partial charge is 0.263 e. The van der Waals surface area contributed by atoms with Crippen molar-refractivity contribution in [3.63, 3.8) is 0 Å². The van der Waals surface area contributed by atoms with E-state index in [2.05, 4.69) is 26.3 Å². The molecule has 0 radical (unpaired) electrons. The van der Waals surface area contributed by atoms with Crippen LogP contribution in [0, 0.1) is 26.7 Å². The van der Waals surface area contributed by atoms with E-state index in [4.69, 9.17) is 4.74 Å². The molecule has 1 atom stereocenters. The number of hydrogen-bond acceptors (Lipinski definition) is 5. The van der Waals surface area contributed by atoms with Crippen LogP contribution in [0.4, 0.5) is 11.5 Å². The summed E-state index contributed by atoms with van der Waals surface area (Å²) >= 11 is 0. The van der Waals surface area contributed by atoms with Crippen LogP contribution in [0.5, 0.6) is 11.6 Å². The van der Waals surface area contributed by atoms with Gasteiger partial charge in [-0.05, 0) is 62.9 Å². The predicted octanol–water partition coefficient (Wildman–Crippen LogP) is 5.05. The molecular formula is C25H28N4O2. The van der Waals surface area contributed by atoms with Crippen LogP contribution in [0.25, 0.3) is 0 Å². The zero-order chi connectivity index (χ0) is 21.8. The number of piperidine rings is 1. The van der Waals surface area contributed by atoms with E-state index in [1.165, 1.54) is 5.56 Å². The molecule has 1 amide bonds. The zero-order valence-corrected chi connectivity index (χ0v) is 18.3. The fourth-order valence-corrected chi connectivity index (χ4v) is 3.81. The van der Waals surface area contributed by atoms with Gasteiger partial charge in [0.1, 0.15) is 5.75 Å². The molecule has 4 rings (SSSR count). The highest BCUT2D eigenvalue weighted by Crippen LogP contribution is 2.31. The van der Waals surface area contributed by atoms with E-state index in [1.54, 1.807) is 12.4 Å². The Kier molecular flexibility index (Phi) is 6.16. The van der Waals surface area contributed by atoms with Crippen molar-refractivity contribution in [3.05, 3.63) is 71.5 Å². The molecule has 1 aromatic heterocycles. The van der Waals surface area contributed by atoms with Crippen molar-refractivity contribution in [1.29, 1.82) is 0 Å². The van der Waals surface area contributed by atoms with Crippen molar-refractivity contribution in [3.8, 4) is 11.6 Å². The first-order valence-corrected chi connectivity index (χ1v) is 10.7. The molecule has 1 saturated heterocycles. The van der Waals surface area contributed by atoms with Gasteiger partial charge in [-0.2, -0.15) is 0 Å². The fourth-order valence-electron chi connectivity index (χ4n) is 3.81. The maximum absolute atomic E-state index is 13.0. The number of carbonyl (C=O) groups is 1. The molecule has 0 unspecified atom stereocenters. The number of rotatable bonds is 5. The molecule has 3 aromatic rings. The normalized spacial score (nSPS) is 16.1. The molecule has 6 nitrogen and oxygen atoms in total. The van der Waals surface area contributed by atoms with Gasteiger partial charge in [0.15, 0.2) is 5.82 Å². The Morgan fingerprint density at radius 2 is 1.77 bits per heavy atom. The summed E-state index contributed by atoms with van der Waals surface area (Å²) in [6, 6.07) is 13.9. The van der Waals surface area contributed by atoms with E-state index in [-0.39, 0.29) is 11.8 Å². The second-order valence-corrected chi connectivity index (χ2v) is 8.19. The summed E-state index contributed by atoms with van der Waals surface area (Å²) in [5, 5.41) is 3.12. The monoisotopic (exact) mass is 416 g/mol. The summed E-state index contributed by atoms with van der Waals surface area (Å²) < 4.78 is 6.02. The number of nitrogens with one attached hydrogen (secondary N) is 1. The minimum atomic E-state index is -0.122. The zero-order valence-electron chi connectivity index (χ0n) is 18.3. The lowest BCUT2D eigenvalue weighted by Gasteiger charge is -2.33. The molecule has 0 aliphatic carbocycles. The summed E-state index contributed by atoms with van der Waals surface area (Å²) in [5.74, 6) is 1.77. The Bertz CT molecular complexity index is 1070. The Morgan fingerprint density at radius 1 is 1.03 bits per heavy atom. The van der Waals surface area contributed by atoms with Crippen molar-refractivity contribution in [2.45, 2.75) is 33.6 Å². The van der Waals surface area contributed by atoms with Crippen LogP contribution in [-0.4, -0.2) is 29.0 Å². The van der Waals surface area contributed by atoms with E-state index >= 15 is 0 Å². The third-order valence-corrected chi connectivity index (χ3v) is 5.62. The molecular weight excluding hydrogens is 388 g/mol. The number of nitrogens with zero attached hydrogens (tertiary/aromatic N) is 3. The molecule has 1 fully saturated rings. The minimum absolute atomic E-state index is 0.0447. The van der Waals surface area contributed by atoms with Crippen molar-refractivity contribution >= 4 is 17.4 Å². The highest BCUT2D eigenvalue weighted by atomic mass is 16.5. The van der Waals surface area contributed by atoms with Crippen LogP contribution in [0.15, 0.2) is 54.9 Å². The third-order valence-electron chi connectivity index (χ3n) is 5.62. The number of aryl methyl sites for hydroxylation is 3. The average Bonchev–Trinajstić information content (AvgIpc) is 2.78. The van der Waals surface area contributed by atoms with Crippen molar-refractivity contribution in [2.24, 2.45) is 5.92 Å². The van der Waals surface area contributed by atoms with Crippen LogP contribution in [0.3, 0.4) is 0 Å². The first-order valence-electron chi connectivity index (χ1n) is 10.7. The van der Waals surface area contributed by atoms with Gasteiger partial charge in [-0.15, -0.1) is 0 Å². The van der Waals surface area contributed by atoms with Crippen LogP contribution in [0.2, 0.25) is 0 Å². The number of hydrogen-bond donors (Lipinski definition) is 1. The van der Waals surface area contributed by atoms with Gasteiger partial charge in [0.2, 0.25) is 5.91 Å². The summed E-state index contributed by atoms with van der Waals surface area (Å²) in [7, 11) is 0. The number of amides is 1. The highest BCUT2D eigenvalue weighted by Gasteiger charge is 2.29. The molecule has 1 aliphatic rings. The minimum Gasteiger partial charge on any atom is -0.436 e. The molecule has 2 aromatic carbocycles. The van der Waals surface area contributed by atoms with Gasteiger partial charge in [-0.25, -0.2) is 9.97 Å². The molecule has 1 N–H and O–H groups in total. The molecule has 2 heterocycles. The lowest BCUT2D eigenvalue weighted by atomic mass is 9.96. The van der Waals surface area contributed by atoms with E-state index in [9.17, 15) is 4.79 Å². The van der Waals surface area contributed by atoms with E-state index in [0.717, 1.165) is 36.2 Å². The molecule has 0 spiro atoms. The number of ether oxygens (including phenoxy) is 1. The summed E-state index contributed by atoms with van der Waals surface area (Å²) in [6.07, 6.45) is 5.05. The lowest BCUT2D eigenvalue weighted by Crippen LogP contribution is -2.41. The molecule has 0 bridgehead atoms. The first-order chi connectivity index (χ1) is 15.0. The Labute approximate surface area is 183 Å². The number of aromatic nitrogens is 2. The second kappa shape index (κ2) is 9.16. The lowest BCUT2D eigenvalue weighted by molar-refractivity contribution is -0.120. The largest absolute Gasteiger partial charge is 0.436 e. The summed E-state index contributed by atoms with van der Waals surface area (Å²) in [4.78, 5) is 24.0. The van der Waals surface area contributed by atoms with Crippen molar-refractivity contribution in [2.75, 3.05) is 23.3 Å². The maximum Gasteiger partial charge on any atom is 0.263 e. The van der Waals surface area contributed by atoms with Gasteiger partial charge in [-0.1, -0.05) is 29.8 Å². The molecule has 1 aliphatic heterocycles. The topological polar surface area (TPSA) is 67.4 Å². The SMILES string of the molecule is Cc1ccc(Oc2nccnc2N2CCC[C@@H](C(=O)Nc3cc(C)ccc3C)C2)cc1. The van der Waals surface area contributed by atoms with Crippen molar-refractivity contribution in [1.82, 2.24) is 9.97 Å². The van der Waals surface area contributed by atoms with E-state index in [0.29, 0.717) is 24.0 Å². The average molecular weight is 417 g/mol. The van der Waals surface area contributed by atoms with Crippen molar-refractivity contribution < 1.29 is 9.53 Å². The van der Waals surface area contributed by atoms with Gasteiger partial charge >= 0.3 is 0 Å². The van der Waals surface area contributed by atoms with Gasteiger partial charge in [0.05, 0.1) is 5.92 Å². The molecule has 6 heteroatoms. The first kappa shape index (κ1) is 20.8. The Morgan fingerprint density at radius 3 is 2.58 bits per heavy atom. The van der Waals surface area contributed by atoms with Crippen LogP contribution in [0.1, 0.15) is 29.5 Å². The van der Waals surface area contributed by atoms with Crippen LogP contribution < -0.4 is 15.0 Å². The maximum atomic E-state index is 13.0. The quantitative estimate of drug-likeness (QED) is 0.630. The van der Waals surface area contributed by atoms with Gasteiger partial charge in [0, 0.05) is 31.2 Å². The molecule has 0 saturated carbocycles. The summed E-state index contributed by atoms with van der Waals surface area (Å²) in [6.45, 7) is 7.47. The third kappa shape index (κ3) is 5.02. The fraction of sp³-hybridized carbons (Fsp3) is 0.320. The second-order valence-electron chi connectivity index (χ2n) is 8.19. The number of anilines is 2. The Balaban J connectivity index is 1.49. The summed E-state index contributed by atoms with van der Waals surface area (Å²) in [5.41, 5.74) is 4.24. The molecule has 31 heavy (non-hydrogen) atoms.